The molecule has 0 nitrogen and oxygen atoms in total. The molecule has 0 atom stereocenters. The summed E-state index contributed by atoms with van der Waals surface area (Å²) >= 11 is 0. The third-order valence-corrected chi connectivity index (χ3v) is 3.42. The van der Waals surface area contributed by atoms with Gasteiger partial charge in [0.15, 0.2) is 0 Å². The molecule has 2 bridgehead atoms. The van der Waals surface area contributed by atoms with E-state index in [0.717, 1.165) is 5.56 Å². The monoisotopic (exact) mass is 218 g/mol. The summed E-state index contributed by atoms with van der Waals surface area (Å²) in [7, 11) is 0. The molecule has 0 amide bonds. The minimum Gasteiger partial charge on any atom is -0.0985 e. The summed E-state index contributed by atoms with van der Waals surface area (Å²) in [5.74, 6) is 0. The molecule has 82 valence electrons. The summed E-state index contributed by atoms with van der Waals surface area (Å²) in [5.41, 5.74) is 5.18. The Bertz CT molecular complexity index is 639. The van der Waals surface area contributed by atoms with E-state index >= 15 is 0 Å². The largest absolute Gasteiger partial charge is 0.0985 e. The van der Waals surface area contributed by atoms with Crippen molar-refractivity contribution in [2.45, 2.75) is 6.92 Å². The van der Waals surface area contributed by atoms with Crippen LogP contribution in [0.2, 0.25) is 0 Å². The minimum atomic E-state index is 1.16. The average Bonchev–Trinajstić information content (AvgIpc) is 2.40. The second-order valence-corrected chi connectivity index (χ2v) is 4.40. The van der Waals surface area contributed by atoms with Crippen molar-refractivity contribution in [2.75, 3.05) is 0 Å². The molecule has 0 radical (unpaired) electrons. The first-order valence-corrected chi connectivity index (χ1v) is 5.84. The van der Waals surface area contributed by atoms with Crippen LogP contribution in [0.25, 0.3) is 28.0 Å². The highest BCUT2D eigenvalue weighted by Gasteiger charge is 2.08. The number of rotatable bonds is 2. The van der Waals surface area contributed by atoms with Crippen molar-refractivity contribution in [1.29, 1.82) is 0 Å². The maximum atomic E-state index is 3.78. The van der Waals surface area contributed by atoms with E-state index in [1.54, 1.807) is 0 Å². The molecular weight excluding hydrogens is 204 g/mol. The van der Waals surface area contributed by atoms with Crippen LogP contribution in [0.1, 0.15) is 11.1 Å². The third-order valence-electron chi connectivity index (χ3n) is 3.42. The quantitative estimate of drug-likeness (QED) is 0.574. The van der Waals surface area contributed by atoms with Gasteiger partial charge in [-0.25, -0.2) is 0 Å². The highest BCUT2D eigenvalue weighted by atomic mass is 14.1. The van der Waals surface area contributed by atoms with E-state index in [1.807, 2.05) is 6.08 Å². The molecule has 0 spiro atoms. The zero-order chi connectivity index (χ0) is 11.8. The molecule has 0 aliphatic carbocycles. The van der Waals surface area contributed by atoms with Crippen LogP contribution in [0.3, 0.4) is 0 Å². The van der Waals surface area contributed by atoms with Gasteiger partial charge in [0.1, 0.15) is 0 Å². The molecule has 0 N–H and O–H groups in total. The normalized spacial score (nSPS) is 10.9. The Morgan fingerprint density at radius 2 is 1.41 bits per heavy atom. The van der Waals surface area contributed by atoms with Gasteiger partial charge in [0, 0.05) is 0 Å². The van der Waals surface area contributed by atoms with E-state index in [0.29, 0.717) is 0 Å². The number of fused-ring (bicyclic) bond motifs is 3. The SMILES string of the molecule is C=Cc1ccc(-c2c(C)c3ccc2cc3)cc1. The van der Waals surface area contributed by atoms with Crippen molar-refractivity contribution in [3.05, 3.63) is 66.2 Å². The molecule has 0 saturated carbocycles. The van der Waals surface area contributed by atoms with Gasteiger partial charge >= 0.3 is 0 Å². The topological polar surface area (TPSA) is 0 Å². The Kier molecular flexibility index (Phi) is 2.22. The van der Waals surface area contributed by atoms with Crippen LogP contribution in [-0.2, 0) is 0 Å². The van der Waals surface area contributed by atoms with Gasteiger partial charge in [0.2, 0.25) is 0 Å². The van der Waals surface area contributed by atoms with E-state index in [9.17, 15) is 0 Å². The zero-order valence-electron chi connectivity index (χ0n) is 9.90. The first-order chi connectivity index (χ1) is 8.29. The van der Waals surface area contributed by atoms with Gasteiger partial charge in [-0.15, -0.1) is 0 Å². The smallest absolute Gasteiger partial charge is 0.00762 e. The Labute approximate surface area is 102 Å². The Hall–Kier alpha value is -2.08. The van der Waals surface area contributed by atoms with Gasteiger partial charge in [-0.1, -0.05) is 61.2 Å². The van der Waals surface area contributed by atoms with Crippen LogP contribution in [0.15, 0.2) is 55.1 Å². The van der Waals surface area contributed by atoms with E-state index in [1.165, 1.54) is 27.5 Å². The second-order valence-electron chi connectivity index (χ2n) is 4.40. The third kappa shape index (κ3) is 1.53. The summed E-state index contributed by atoms with van der Waals surface area (Å²) in [6.07, 6.45) is 1.87. The van der Waals surface area contributed by atoms with Crippen LogP contribution in [-0.4, -0.2) is 0 Å². The first-order valence-electron chi connectivity index (χ1n) is 5.84. The summed E-state index contributed by atoms with van der Waals surface area (Å²) in [4.78, 5) is 0. The number of hydrogen-bond acceptors (Lipinski definition) is 0. The highest BCUT2D eigenvalue weighted by Crippen LogP contribution is 2.33. The van der Waals surface area contributed by atoms with Gasteiger partial charge in [-0.05, 0) is 39.9 Å². The second kappa shape index (κ2) is 3.74. The Balaban J connectivity index is 2.22. The molecule has 17 heavy (non-hydrogen) atoms. The van der Waals surface area contributed by atoms with E-state index < -0.39 is 0 Å². The molecule has 4 rings (SSSR count). The van der Waals surface area contributed by atoms with Crippen LogP contribution < -0.4 is 0 Å². The van der Waals surface area contributed by atoms with Crippen LogP contribution in [0.5, 0.6) is 0 Å². The maximum Gasteiger partial charge on any atom is -0.00762 e. The fourth-order valence-electron chi connectivity index (χ4n) is 2.42. The molecule has 0 heteroatoms. The minimum absolute atomic E-state index is 1.16. The number of aryl methyl sites for hydroxylation is 1. The van der Waals surface area contributed by atoms with Crippen molar-refractivity contribution in [3.8, 4) is 11.1 Å². The molecule has 0 saturated heterocycles. The summed E-state index contributed by atoms with van der Waals surface area (Å²) in [6, 6.07) is 17.3. The van der Waals surface area contributed by atoms with E-state index in [2.05, 4.69) is 62.0 Å². The molecular formula is C17H14. The van der Waals surface area contributed by atoms with Crippen molar-refractivity contribution in [1.82, 2.24) is 0 Å². The fraction of sp³-hybridized carbons (Fsp3) is 0.0588. The zero-order valence-corrected chi connectivity index (χ0v) is 9.90. The van der Waals surface area contributed by atoms with Crippen LogP contribution >= 0.6 is 0 Å². The molecule has 0 heterocycles. The van der Waals surface area contributed by atoms with Crippen LogP contribution in [0, 0.1) is 6.92 Å². The first kappa shape index (κ1) is 10.1. The summed E-state index contributed by atoms with van der Waals surface area (Å²) in [5, 5.41) is 2.63. The van der Waals surface area contributed by atoms with E-state index in [-0.39, 0.29) is 0 Å². The Morgan fingerprint density at radius 1 is 0.824 bits per heavy atom. The van der Waals surface area contributed by atoms with Crippen molar-refractivity contribution in [3.63, 3.8) is 0 Å². The van der Waals surface area contributed by atoms with E-state index in [4.69, 9.17) is 0 Å². The van der Waals surface area contributed by atoms with Crippen molar-refractivity contribution < 1.29 is 0 Å². The Morgan fingerprint density at radius 3 is 1.94 bits per heavy atom. The van der Waals surface area contributed by atoms with Gasteiger partial charge in [0.25, 0.3) is 0 Å². The molecule has 4 aromatic rings. The molecule has 4 aromatic carbocycles. The molecule has 0 aliphatic heterocycles. The summed E-state index contributed by atoms with van der Waals surface area (Å²) < 4.78 is 0. The van der Waals surface area contributed by atoms with Crippen molar-refractivity contribution in [2.24, 2.45) is 0 Å². The predicted molar refractivity (Wildman–Crippen MR) is 75.4 cm³/mol. The summed E-state index contributed by atoms with van der Waals surface area (Å²) in [6.45, 7) is 5.98. The highest BCUT2D eigenvalue weighted by molar-refractivity contribution is 5.93. The lowest BCUT2D eigenvalue weighted by atomic mass is 9.91. The van der Waals surface area contributed by atoms with Gasteiger partial charge in [-0.2, -0.15) is 0 Å². The maximum absolute atomic E-state index is 3.78. The lowest BCUT2D eigenvalue weighted by molar-refractivity contribution is 1.50. The van der Waals surface area contributed by atoms with Gasteiger partial charge in [-0.3, -0.25) is 0 Å². The fourth-order valence-corrected chi connectivity index (χ4v) is 2.42. The number of hydrogen-bond donors (Lipinski definition) is 0. The molecule has 0 fully saturated rings. The van der Waals surface area contributed by atoms with Crippen LogP contribution in [0.4, 0.5) is 0 Å². The molecule has 0 aliphatic rings. The van der Waals surface area contributed by atoms with Gasteiger partial charge < -0.3 is 0 Å². The predicted octanol–water partition coefficient (Wildman–Crippen LogP) is 4.90. The van der Waals surface area contributed by atoms with Gasteiger partial charge in [0.05, 0.1) is 0 Å². The van der Waals surface area contributed by atoms with Crippen molar-refractivity contribution >= 4 is 16.8 Å². The number of benzene rings is 4. The lowest BCUT2D eigenvalue weighted by Crippen LogP contribution is -1.88. The molecule has 0 aromatic heterocycles. The average molecular weight is 218 g/mol. The lowest BCUT2D eigenvalue weighted by Gasteiger charge is -2.13. The molecule has 0 unspecified atom stereocenters. The standard InChI is InChI=1S/C17H14/c1-3-13-4-6-15(7-5-13)17-12(2)14-8-10-16(17)11-9-14/h3-11H,1H2,2H3.